The molecule has 3 rings (SSSR count). The van der Waals surface area contributed by atoms with Crippen LogP contribution in [0.25, 0.3) is 0 Å². The van der Waals surface area contributed by atoms with Crippen molar-refractivity contribution in [2.75, 3.05) is 65.6 Å². The van der Waals surface area contributed by atoms with E-state index in [1.165, 1.54) is 0 Å². The van der Waals surface area contributed by atoms with E-state index in [9.17, 15) is 10.2 Å². The molecule has 4 N–H and O–H groups in total. The van der Waals surface area contributed by atoms with Gasteiger partial charge in [0.05, 0.1) is 50.4 Å². The zero-order valence-corrected chi connectivity index (χ0v) is 23.6. The fourth-order valence-corrected chi connectivity index (χ4v) is 4.63. The van der Waals surface area contributed by atoms with E-state index < -0.39 is 6.10 Å². The second-order valence-electron chi connectivity index (χ2n) is 9.99. The second-order valence-corrected chi connectivity index (χ2v) is 9.99. The molecule has 0 aliphatic carbocycles. The number of phenolic OH excluding ortho intramolecular Hbond substituents is 1. The first-order chi connectivity index (χ1) is 19.0. The van der Waals surface area contributed by atoms with Gasteiger partial charge in [-0.2, -0.15) is 0 Å². The summed E-state index contributed by atoms with van der Waals surface area (Å²) in [6, 6.07) is 14.0. The monoisotopic (exact) mass is 546 g/mol. The summed E-state index contributed by atoms with van der Waals surface area (Å²) >= 11 is 0. The summed E-state index contributed by atoms with van der Waals surface area (Å²) in [7, 11) is 3.34. The average molecular weight is 547 g/mol. The summed E-state index contributed by atoms with van der Waals surface area (Å²) in [4.78, 5) is 0. The van der Waals surface area contributed by atoms with Crippen LogP contribution in [0.3, 0.4) is 0 Å². The molecule has 9 heteroatoms. The Morgan fingerprint density at radius 2 is 1.62 bits per heavy atom. The molecule has 1 heterocycles. The molecule has 1 saturated heterocycles. The van der Waals surface area contributed by atoms with Crippen molar-refractivity contribution < 1.29 is 33.9 Å². The Hall–Kier alpha value is -2.24. The van der Waals surface area contributed by atoms with Crippen LogP contribution in [0.2, 0.25) is 0 Å². The number of anilines is 1. The van der Waals surface area contributed by atoms with Gasteiger partial charge in [0.1, 0.15) is 5.75 Å². The van der Waals surface area contributed by atoms with E-state index in [0.717, 1.165) is 23.1 Å². The van der Waals surface area contributed by atoms with E-state index in [1.807, 2.05) is 12.1 Å². The van der Waals surface area contributed by atoms with Gasteiger partial charge in [0.15, 0.2) is 0 Å². The number of benzene rings is 2. The number of aliphatic hydroxyl groups is 1. The molecule has 0 saturated carbocycles. The highest BCUT2D eigenvalue weighted by Crippen LogP contribution is 2.32. The molecule has 39 heavy (non-hydrogen) atoms. The van der Waals surface area contributed by atoms with Crippen molar-refractivity contribution in [3.8, 4) is 5.75 Å². The molecule has 1 fully saturated rings. The van der Waals surface area contributed by atoms with Gasteiger partial charge in [-0.15, -0.1) is 0 Å². The van der Waals surface area contributed by atoms with E-state index in [-0.39, 0.29) is 23.9 Å². The number of hydrogen-bond donors (Lipinski definition) is 4. The Kier molecular flexibility index (Phi) is 14.0. The van der Waals surface area contributed by atoms with Crippen molar-refractivity contribution in [2.45, 2.75) is 57.2 Å². The molecule has 0 radical (unpaired) electrons. The van der Waals surface area contributed by atoms with Crippen molar-refractivity contribution in [1.29, 1.82) is 0 Å². The first-order valence-corrected chi connectivity index (χ1v) is 13.8. The predicted molar refractivity (Wildman–Crippen MR) is 151 cm³/mol. The van der Waals surface area contributed by atoms with E-state index in [2.05, 4.69) is 34.9 Å². The van der Waals surface area contributed by atoms with Crippen LogP contribution >= 0.6 is 0 Å². The van der Waals surface area contributed by atoms with Crippen molar-refractivity contribution in [1.82, 2.24) is 5.32 Å². The molecule has 1 aliphatic heterocycles. The van der Waals surface area contributed by atoms with Crippen molar-refractivity contribution in [3.05, 3.63) is 59.2 Å². The molecule has 9 nitrogen and oxygen atoms in total. The average Bonchev–Trinajstić information content (AvgIpc) is 2.94. The van der Waals surface area contributed by atoms with E-state index in [4.69, 9.17) is 23.7 Å². The van der Waals surface area contributed by atoms with Crippen LogP contribution in [0.4, 0.5) is 5.69 Å². The fourth-order valence-electron chi connectivity index (χ4n) is 4.63. The minimum atomic E-state index is -0.406. The van der Waals surface area contributed by atoms with Gasteiger partial charge in [-0.25, -0.2) is 0 Å². The minimum Gasteiger partial charge on any atom is -0.506 e. The Labute approximate surface area is 232 Å². The van der Waals surface area contributed by atoms with Crippen LogP contribution in [0, 0.1) is 0 Å². The normalized spacial score (nSPS) is 20.2. The number of aliphatic hydroxyl groups excluding tert-OH is 1. The van der Waals surface area contributed by atoms with E-state index in [0.29, 0.717) is 71.4 Å². The third-order valence-corrected chi connectivity index (χ3v) is 6.79. The number of aromatic hydroxyl groups is 1. The highest BCUT2D eigenvalue weighted by molar-refractivity contribution is 5.57. The summed E-state index contributed by atoms with van der Waals surface area (Å²) in [5.41, 5.74) is 3.91. The molecule has 2 aromatic rings. The molecule has 0 aromatic heterocycles. The third-order valence-electron chi connectivity index (χ3n) is 6.79. The topological polar surface area (TPSA) is 111 Å². The first-order valence-electron chi connectivity index (χ1n) is 13.8. The van der Waals surface area contributed by atoms with Gasteiger partial charge in [-0.05, 0) is 48.6 Å². The summed E-state index contributed by atoms with van der Waals surface area (Å²) in [6.45, 7) is 7.10. The SMILES string of the molecule is COCCCNc1cc(CO[C@H]2CNC[C@@H](OCCC(C)O)C2c2ccc(COCCOC)cc2)ccc1O. The highest BCUT2D eigenvalue weighted by atomic mass is 16.5. The van der Waals surface area contributed by atoms with Crippen molar-refractivity contribution in [2.24, 2.45) is 0 Å². The number of piperidine rings is 1. The van der Waals surface area contributed by atoms with Crippen molar-refractivity contribution >= 4 is 5.69 Å². The molecule has 218 valence electrons. The van der Waals surface area contributed by atoms with Gasteiger partial charge in [-0.3, -0.25) is 0 Å². The lowest BCUT2D eigenvalue weighted by Crippen LogP contribution is -2.50. The maximum absolute atomic E-state index is 10.3. The molecule has 1 aliphatic rings. The summed E-state index contributed by atoms with van der Waals surface area (Å²) < 4.78 is 28.6. The summed E-state index contributed by atoms with van der Waals surface area (Å²) in [6.07, 6.45) is 0.812. The zero-order valence-electron chi connectivity index (χ0n) is 23.6. The van der Waals surface area contributed by atoms with Crippen LogP contribution in [0.15, 0.2) is 42.5 Å². The van der Waals surface area contributed by atoms with Gasteiger partial charge in [0.2, 0.25) is 0 Å². The standard InChI is InChI=1S/C30H46N2O7/c1-22(33)11-14-38-28-18-31-19-29(30(28)25-8-5-23(6-9-25)20-37-16-15-36-3)39-21-24-7-10-27(34)26(17-24)32-12-4-13-35-2/h5-10,17,22,28-34H,4,11-16,18-21H2,1-3H3/t22?,28-,29+,30?/m1/s1. The Balaban J connectivity index is 1.69. The van der Waals surface area contributed by atoms with Gasteiger partial charge >= 0.3 is 0 Å². The molecular formula is C30H46N2O7. The number of rotatable bonds is 18. The van der Waals surface area contributed by atoms with Crippen LogP contribution in [-0.2, 0) is 36.9 Å². The smallest absolute Gasteiger partial charge is 0.138 e. The molecule has 0 amide bonds. The predicted octanol–water partition coefficient (Wildman–Crippen LogP) is 3.43. The quantitative estimate of drug-likeness (QED) is 0.165. The summed E-state index contributed by atoms with van der Waals surface area (Å²) in [5.74, 6) is 0.235. The first kappa shape index (κ1) is 31.3. The number of hydrogen-bond acceptors (Lipinski definition) is 9. The van der Waals surface area contributed by atoms with Crippen molar-refractivity contribution in [3.63, 3.8) is 0 Å². The Morgan fingerprint density at radius 3 is 2.33 bits per heavy atom. The molecule has 0 spiro atoms. The lowest BCUT2D eigenvalue weighted by molar-refractivity contribution is -0.0639. The number of methoxy groups -OCH3 is 2. The van der Waals surface area contributed by atoms with Gasteiger partial charge in [0.25, 0.3) is 0 Å². The molecule has 4 atom stereocenters. The number of nitrogens with one attached hydrogen (secondary N) is 2. The maximum Gasteiger partial charge on any atom is 0.138 e. The highest BCUT2D eigenvalue weighted by Gasteiger charge is 2.36. The van der Waals surface area contributed by atoms with Crippen LogP contribution in [0.5, 0.6) is 5.75 Å². The molecule has 2 aromatic carbocycles. The molecular weight excluding hydrogens is 500 g/mol. The lowest BCUT2D eigenvalue weighted by Gasteiger charge is -2.39. The van der Waals surface area contributed by atoms with E-state index >= 15 is 0 Å². The number of ether oxygens (including phenoxy) is 5. The van der Waals surface area contributed by atoms with E-state index in [1.54, 1.807) is 27.2 Å². The Bertz CT molecular complexity index is 941. The van der Waals surface area contributed by atoms with Gasteiger partial charge < -0.3 is 44.5 Å². The maximum atomic E-state index is 10.3. The molecule has 2 unspecified atom stereocenters. The van der Waals surface area contributed by atoms with Crippen LogP contribution < -0.4 is 10.6 Å². The lowest BCUT2D eigenvalue weighted by atomic mass is 9.85. The van der Waals surface area contributed by atoms with Gasteiger partial charge in [-0.1, -0.05) is 30.3 Å². The Morgan fingerprint density at radius 1 is 0.897 bits per heavy atom. The van der Waals surface area contributed by atoms with Crippen LogP contribution in [0.1, 0.15) is 42.4 Å². The second kappa shape index (κ2) is 17.5. The molecule has 0 bridgehead atoms. The largest absolute Gasteiger partial charge is 0.506 e. The number of phenols is 1. The zero-order chi connectivity index (χ0) is 27.9. The third kappa shape index (κ3) is 10.7. The summed E-state index contributed by atoms with van der Waals surface area (Å²) in [5, 5.41) is 26.7. The van der Waals surface area contributed by atoms with Gasteiger partial charge in [0, 0.05) is 53.0 Å². The fraction of sp³-hybridized carbons (Fsp3) is 0.600. The van der Waals surface area contributed by atoms with Crippen LogP contribution in [-0.4, -0.2) is 88.8 Å². The minimum absolute atomic E-state index is 0.0208.